The van der Waals surface area contributed by atoms with Crippen LogP contribution in [0, 0.1) is 12.3 Å². The number of benzene rings is 1. The summed E-state index contributed by atoms with van der Waals surface area (Å²) in [6, 6.07) is 5.13. The van der Waals surface area contributed by atoms with Crippen LogP contribution in [0.4, 0.5) is 0 Å². The van der Waals surface area contributed by atoms with Crippen LogP contribution in [-0.4, -0.2) is 25.7 Å². The minimum absolute atomic E-state index is 0.167. The molecule has 1 rings (SSSR count). The molecule has 1 N–H and O–H groups in total. The van der Waals surface area contributed by atoms with E-state index in [1.54, 1.807) is 18.2 Å². The molecule has 0 heterocycles. The van der Waals surface area contributed by atoms with Gasteiger partial charge in [-0.05, 0) is 32.0 Å². The number of rotatable bonds is 7. The van der Waals surface area contributed by atoms with Gasteiger partial charge in [0, 0.05) is 18.5 Å². The number of carbonyl (C=O) groups is 1. The first kappa shape index (κ1) is 14.9. The number of amides is 1. The zero-order valence-electron chi connectivity index (χ0n) is 11.4. The molecule has 1 aromatic carbocycles. The van der Waals surface area contributed by atoms with Crippen LogP contribution in [-0.2, 0) is 0 Å². The summed E-state index contributed by atoms with van der Waals surface area (Å²) >= 11 is 0. The second-order valence-electron chi connectivity index (χ2n) is 3.74. The summed E-state index contributed by atoms with van der Waals surface area (Å²) in [5.74, 6) is 3.53. The van der Waals surface area contributed by atoms with E-state index in [0.717, 1.165) is 0 Å². The minimum Gasteiger partial charge on any atom is -0.490 e. The van der Waals surface area contributed by atoms with Crippen LogP contribution in [0.15, 0.2) is 18.2 Å². The SMILES string of the molecule is C#CCCNC(=O)c1ccc(OCC)c(OCC)c1. The maximum atomic E-state index is 11.9. The predicted octanol–water partition coefficient (Wildman–Crippen LogP) is 2.24. The fourth-order valence-corrected chi connectivity index (χ4v) is 1.54. The Morgan fingerprint density at radius 2 is 1.95 bits per heavy atom. The molecule has 0 saturated carbocycles. The van der Waals surface area contributed by atoms with Gasteiger partial charge in [0.1, 0.15) is 0 Å². The zero-order valence-corrected chi connectivity index (χ0v) is 11.4. The Labute approximate surface area is 114 Å². The van der Waals surface area contributed by atoms with Gasteiger partial charge in [0.05, 0.1) is 13.2 Å². The van der Waals surface area contributed by atoms with Crippen molar-refractivity contribution < 1.29 is 14.3 Å². The van der Waals surface area contributed by atoms with Crippen molar-refractivity contribution in [2.75, 3.05) is 19.8 Å². The molecule has 1 amide bonds. The van der Waals surface area contributed by atoms with E-state index < -0.39 is 0 Å². The first-order chi connectivity index (χ1) is 9.22. The van der Waals surface area contributed by atoms with E-state index >= 15 is 0 Å². The van der Waals surface area contributed by atoms with E-state index in [1.165, 1.54) is 0 Å². The number of hydrogen-bond acceptors (Lipinski definition) is 3. The summed E-state index contributed by atoms with van der Waals surface area (Å²) in [7, 11) is 0. The van der Waals surface area contributed by atoms with Gasteiger partial charge in [0.25, 0.3) is 5.91 Å². The second kappa shape index (κ2) is 8.04. The molecule has 4 nitrogen and oxygen atoms in total. The normalized spacial score (nSPS) is 9.53. The summed E-state index contributed by atoms with van der Waals surface area (Å²) in [4.78, 5) is 11.9. The highest BCUT2D eigenvalue weighted by Gasteiger charge is 2.10. The molecule has 0 bridgehead atoms. The Balaban J connectivity index is 2.82. The Kier molecular flexibility index (Phi) is 6.31. The predicted molar refractivity (Wildman–Crippen MR) is 74.6 cm³/mol. The van der Waals surface area contributed by atoms with Gasteiger partial charge in [-0.25, -0.2) is 0 Å². The van der Waals surface area contributed by atoms with Gasteiger partial charge in [-0.2, -0.15) is 0 Å². The molecule has 0 aliphatic rings. The zero-order chi connectivity index (χ0) is 14.1. The molecule has 0 radical (unpaired) electrons. The molecule has 0 fully saturated rings. The van der Waals surface area contributed by atoms with Crippen molar-refractivity contribution in [1.29, 1.82) is 0 Å². The molecule has 0 unspecified atom stereocenters. The van der Waals surface area contributed by atoms with Crippen molar-refractivity contribution in [2.24, 2.45) is 0 Å². The molecule has 0 aliphatic carbocycles. The Bertz CT molecular complexity index is 463. The lowest BCUT2D eigenvalue weighted by molar-refractivity contribution is 0.0954. The number of terminal acetylenes is 1. The molecule has 0 saturated heterocycles. The van der Waals surface area contributed by atoms with Gasteiger partial charge in [-0.3, -0.25) is 4.79 Å². The number of ether oxygens (including phenoxy) is 2. The monoisotopic (exact) mass is 261 g/mol. The van der Waals surface area contributed by atoms with Gasteiger partial charge in [-0.15, -0.1) is 12.3 Å². The summed E-state index contributed by atoms with van der Waals surface area (Å²) in [5, 5.41) is 2.74. The van der Waals surface area contributed by atoms with Crippen molar-refractivity contribution in [3.8, 4) is 23.8 Å². The highest BCUT2D eigenvalue weighted by atomic mass is 16.5. The molecule has 0 aliphatic heterocycles. The summed E-state index contributed by atoms with van der Waals surface area (Å²) in [5.41, 5.74) is 0.531. The highest BCUT2D eigenvalue weighted by Crippen LogP contribution is 2.28. The smallest absolute Gasteiger partial charge is 0.251 e. The quantitative estimate of drug-likeness (QED) is 0.605. The maximum Gasteiger partial charge on any atom is 0.251 e. The van der Waals surface area contributed by atoms with Crippen LogP contribution in [0.1, 0.15) is 30.6 Å². The van der Waals surface area contributed by atoms with Crippen LogP contribution < -0.4 is 14.8 Å². The molecule has 0 spiro atoms. The Morgan fingerprint density at radius 3 is 2.58 bits per heavy atom. The van der Waals surface area contributed by atoms with Crippen molar-refractivity contribution in [2.45, 2.75) is 20.3 Å². The van der Waals surface area contributed by atoms with Crippen molar-refractivity contribution >= 4 is 5.91 Å². The van der Waals surface area contributed by atoms with Crippen LogP contribution in [0.25, 0.3) is 0 Å². The largest absolute Gasteiger partial charge is 0.490 e. The number of hydrogen-bond donors (Lipinski definition) is 1. The molecule has 102 valence electrons. The van der Waals surface area contributed by atoms with Gasteiger partial charge in [0.2, 0.25) is 0 Å². The standard InChI is InChI=1S/C15H19NO3/c1-4-7-10-16-15(17)12-8-9-13(18-5-2)14(11-12)19-6-3/h1,8-9,11H,5-7,10H2,2-3H3,(H,16,17). The maximum absolute atomic E-state index is 11.9. The summed E-state index contributed by atoms with van der Waals surface area (Å²) in [6.45, 7) is 5.31. The van der Waals surface area contributed by atoms with E-state index in [1.807, 2.05) is 13.8 Å². The van der Waals surface area contributed by atoms with Gasteiger partial charge < -0.3 is 14.8 Å². The highest BCUT2D eigenvalue weighted by molar-refractivity contribution is 5.94. The first-order valence-electron chi connectivity index (χ1n) is 6.34. The topological polar surface area (TPSA) is 47.6 Å². The van der Waals surface area contributed by atoms with Crippen LogP contribution in [0.5, 0.6) is 11.5 Å². The lowest BCUT2D eigenvalue weighted by Gasteiger charge is -2.12. The lowest BCUT2D eigenvalue weighted by atomic mass is 10.2. The van der Waals surface area contributed by atoms with Crippen LogP contribution >= 0.6 is 0 Å². The van der Waals surface area contributed by atoms with Gasteiger partial charge in [-0.1, -0.05) is 0 Å². The van der Waals surface area contributed by atoms with E-state index in [2.05, 4.69) is 11.2 Å². The van der Waals surface area contributed by atoms with Gasteiger partial charge in [0.15, 0.2) is 11.5 Å². The lowest BCUT2D eigenvalue weighted by Crippen LogP contribution is -2.24. The first-order valence-corrected chi connectivity index (χ1v) is 6.34. The molecule has 1 aromatic rings. The molecular weight excluding hydrogens is 242 g/mol. The van der Waals surface area contributed by atoms with Crippen LogP contribution in [0.2, 0.25) is 0 Å². The fraction of sp³-hybridized carbons (Fsp3) is 0.400. The molecule has 19 heavy (non-hydrogen) atoms. The molecule has 0 aromatic heterocycles. The molecular formula is C15H19NO3. The minimum atomic E-state index is -0.167. The van der Waals surface area contributed by atoms with Crippen molar-refractivity contribution in [3.05, 3.63) is 23.8 Å². The van der Waals surface area contributed by atoms with E-state index in [0.29, 0.717) is 43.2 Å². The third kappa shape index (κ3) is 4.55. The molecule has 0 atom stereocenters. The van der Waals surface area contributed by atoms with Gasteiger partial charge >= 0.3 is 0 Å². The van der Waals surface area contributed by atoms with E-state index in [4.69, 9.17) is 15.9 Å². The van der Waals surface area contributed by atoms with Crippen molar-refractivity contribution in [1.82, 2.24) is 5.32 Å². The average molecular weight is 261 g/mol. The second-order valence-corrected chi connectivity index (χ2v) is 3.74. The Hall–Kier alpha value is -2.15. The average Bonchev–Trinajstić information content (AvgIpc) is 2.41. The van der Waals surface area contributed by atoms with Crippen molar-refractivity contribution in [3.63, 3.8) is 0 Å². The third-order valence-electron chi connectivity index (χ3n) is 2.36. The molecule has 4 heteroatoms. The number of nitrogens with one attached hydrogen (secondary N) is 1. The van der Waals surface area contributed by atoms with E-state index in [9.17, 15) is 4.79 Å². The number of carbonyl (C=O) groups excluding carboxylic acids is 1. The fourth-order valence-electron chi connectivity index (χ4n) is 1.54. The van der Waals surface area contributed by atoms with E-state index in [-0.39, 0.29) is 5.91 Å². The third-order valence-corrected chi connectivity index (χ3v) is 2.36. The van der Waals surface area contributed by atoms with Crippen LogP contribution in [0.3, 0.4) is 0 Å². The Morgan fingerprint density at radius 1 is 1.26 bits per heavy atom. The summed E-state index contributed by atoms with van der Waals surface area (Å²) in [6.07, 6.45) is 5.65. The summed E-state index contributed by atoms with van der Waals surface area (Å²) < 4.78 is 10.9.